The highest BCUT2D eigenvalue weighted by molar-refractivity contribution is 5.94. The van der Waals surface area contributed by atoms with Crippen LogP contribution in [0.25, 0.3) is 0 Å². The van der Waals surface area contributed by atoms with Gasteiger partial charge in [-0.2, -0.15) is 0 Å². The number of likely N-dealkylation sites (N-methyl/N-ethyl adjacent to an activating group) is 1. The quantitative estimate of drug-likeness (QED) is 0.312. The molecule has 0 spiro atoms. The molecule has 1 aromatic carbocycles. The van der Waals surface area contributed by atoms with Crippen molar-refractivity contribution in [3.05, 3.63) is 29.8 Å². The minimum absolute atomic E-state index is 0.174. The molecule has 9 nitrogen and oxygen atoms in total. The van der Waals surface area contributed by atoms with Gasteiger partial charge < -0.3 is 40.7 Å². The predicted molar refractivity (Wildman–Crippen MR) is 104 cm³/mol. The highest BCUT2D eigenvalue weighted by Gasteiger charge is 2.43. The summed E-state index contributed by atoms with van der Waals surface area (Å²) in [7, 11) is 0. The number of rotatable bonds is 9. The molecule has 0 unspecified atom stereocenters. The maximum absolute atomic E-state index is 12.2. The maximum Gasteiger partial charge on any atom is 0.251 e. The van der Waals surface area contributed by atoms with Crippen LogP contribution >= 0.6 is 0 Å². The number of ether oxygens (including phenoxy) is 1. The van der Waals surface area contributed by atoms with Crippen molar-refractivity contribution in [2.45, 2.75) is 44.5 Å². The van der Waals surface area contributed by atoms with Gasteiger partial charge in [0.15, 0.2) is 6.23 Å². The highest BCUT2D eigenvalue weighted by atomic mass is 16.6. The van der Waals surface area contributed by atoms with E-state index in [-0.39, 0.29) is 5.91 Å². The monoisotopic (exact) mass is 397 g/mol. The Labute approximate surface area is 164 Å². The van der Waals surface area contributed by atoms with Crippen LogP contribution in [0.2, 0.25) is 0 Å². The predicted octanol–water partition coefficient (Wildman–Crippen LogP) is -1.03. The average Bonchev–Trinajstić information content (AvgIpc) is 2.72. The normalized spacial score (nSPS) is 27.6. The van der Waals surface area contributed by atoms with Crippen molar-refractivity contribution in [2.75, 3.05) is 38.1 Å². The largest absolute Gasteiger partial charge is 0.394 e. The Bertz CT molecular complexity index is 608. The van der Waals surface area contributed by atoms with Crippen LogP contribution in [-0.4, -0.2) is 94.7 Å². The molecule has 0 saturated carbocycles. The Morgan fingerprint density at radius 1 is 1.07 bits per heavy atom. The molecule has 0 radical (unpaired) electrons. The number of carbonyl (C=O) groups is 1. The fourth-order valence-corrected chi connectivity index (χ4v) is 3.07. The Morgan fingerprint density at radius 3 is 2.29 bits per heavy atom. The first-order chi connectivity index (χ1) is 13.4. The molecule has 0 aromatic heterocycles. The van der Waals surface area contributed by atoms with Crippen molar-refractivity contribution in [3.8, 4) is 0 Å². The molecule has 2 rings (SSSR count). The van der Waals surface area contributed by atoms with Gasteiger partial charge in [0.05, 0.1) is 6.61 Å². The van der Waals surface area contributed by atoms with E-state index in [1.165, 1.54) is 0 Å². The minimum Gasteiger partial charge on any atom is -0.394 e. The van der Waals surface area contributed by atoms with Crippen LogP contribution < -0.4 is 10.6 Å². The summed E-state index contributed by atoms with van der Waals surface area (Å²) < 4.78 is 5.40. The van der Waals surface area contributed by atoms with Crippen LogP contribution in [0.1, 0.15) is 24.2 Å². The smallest absolute Gasteiger partial charge is 0.251 e. The number of aliphatic hydroxyl groups is 4. The van der Waals surface area contributed by atoms with Gasteiger partial charge in [-0.15, -0.1) is 0 Å². The van der Waals surface area contributed by atoms with Crippen LogP contribution in [0, 0.1) is 0 Å². The Morgan fingerprint density at radius 2 is 1.71 bits per heavy atom. The van der Waals surface area contributed by atoms with E-state index in [0.717, 1.165) is 19.6 Å². The van der Waals surface area contributed by atoms with Crippen molar-refractivity contribution < 1.29 is 30.0 Å². The van der Waals surface area contributed by atoms with Crippen molar-refractivity contribution in [3.63, 3.8) is 0 Å². The number of anilines is 1. The minimum atomic E-state index is -1.45. The third-order valence-electron chi connectivity index (χ3n) is 4.96. The van der Waals surface area contributed by atoms with Crippen LogP contribution in [0.3, 0.4) is 0 Å². The second-order valence-electron chi connectivity index (χ2n) is 6.75. The number of nitrogens with one attached hydrogen (secondary N) is 2. The molecule has 1 aromatic rings. The van der Waals surface area contributed by atoms with Crippen LogP contribution in [0.4, 0.5) is 5.69 Å². The molecule has 1 aliphatic heterocycles. The molecule has 1 fully saturated rings. The van der Waals surface area contributed by atoms with Gasteiger partial charge in [0, 0.05) is 24.3 Å². The summed E-state index contributed by atoms with van der Waals surface area (Å²) in [5.74, 6) is -0.174. The van der Waals surface area contributed by atoms with E-state index in [2.05, 4.69) is 29.4 Å². The SMILES string of the molecule is CCN(CC)CCNC(=O)c1ccc(N[C@@H]2O[C@H](CO)[C@@H](O)[C@H](O)[C@H]2O)cc1. The maximum atomic E-state index is 12.2. The topological polar surface area (TPSA) is 135 Å². The summed E-state index contributed by atoms with van der Waals surface area (Å²) in [6.07, 6.45) is -6.21. The Kier molecular flexibility index (Phi) is 8.61. The lowest BCUT2D eigenvalue weighted by atomic mass is 9.98. The first-order valence-electron chi connectivity index (χ1n) is 9.58. The standard InChI is InChI=1S/C19H31N3O6/c1-3-22(4-2)10-9-20-18(27)12-5-7-13(8-6-12)21-19-17(26)16(25)15(24)14(11-23)28-19/h5-8,14-17,19,21,23-26H,3-4,9-11H2,1-2H3,(H,20,27)/t14-,15-,16+,17-,19-/m1/s1. The van der Waals surface area contributed by atoms with Crippen molar-refractivity contribution in [1.29, 1.82) is 0 Å². The molecule has 1 saturated heterocycles. The average molecular weight is 397 g/mol. The zero-order chi connectivity index (χ0) is 20.7. The molecule has 9 heteroatoms. The lowest BCUT2D eigenvalue weighted by Crippen LogP contribution is -2.60. The van der Waals surface area contributed by atoms with E-state index in [9.17, 15) is 25.2 Å². The second-order valence-corrected chi connectivity index (χ2v) is 6.75. The van der Waals surface area contributed by atoms with Gasteiger partial charge in [0.2, 0.25) is 0 Å². The van der Waals surface area contributed by atoms with Gasteiger partial charge in [0.1, 0.15) is 24.4 Å². The first kappa shape index (κ1) is 22.5. The molecule has 5 atom stereocenters. The molecule has 158 valence electrons. The zero-order valence-electron chi connectivity index (χ0n) is 16.3. The molecule has 1 amide bonds. The number of hydrogen-bond donors (Lipinski definition) is 6. The molecule has 1 aliphatic rings. The lowest BCUT2D eigenvalue weighted by Gasteiger charge is -2.40. The van der Waals surface area contributed by atoms with Crippen LogP contribution in [0.15, 0.2) is 24.3 Å². The number of amides is 1. The van der Waals surface area contributed by atoms with Crippen molar-refractivity contribution in [2.24, 2.45) is 0 Å². The molecular formula is C19H31N3O6. The summed E-state index contributed by atoms with van der Waals surface area (Å²) in [4.78, 5) is 14.4. The summed E-state index contributed by atoms with van der Waals surface area (Å²) in [5, 5.41) is 44.7. The fourth-order valence-electron chi connectivity index (χ4n) is 3.07. The van der Waals surface area contributed by atoms with E-state index < -0.39 is 37.3 Å². The zero-order valence-corrected chi connectivity index (χ0v) is 16.3. The van der Waals surface area contributed by atoms with E-state index in [0.29, 0.717) is 17.8 Å². The van der Waals surface area contributed by atoms with E-state index >= 15 is 0 Å². The third-order valence-corrected chi connectivity index (χ3v) is 4.96. The van der Waals surface area contributed by atoms with Gasteiger partial charge in [-0.1, -0.05) is 13.8 Å². The summed E-state index contributed by atoms with van der Waals surface area (Å²) in [5.41, 5.74) is 1.06. The molecule has 28 heavy (non-hydrogen) atoms. The molecule has 6 N–H and O–H groups in total. The fraction of sp³-hybridized carbons (Fsp3) is 0.632. The summed E-state index contributed by atoms with van der Waals surface area (Å²) >= 11 is 0. The first-order valence-corrected chi connectivity index (χ1v) is 9.58. The lowest BCUT2D eigenvalue weighted by molar-refractivity contribution is -0.221. The van der Waals surface area contributed by atoms with Crippen molar-refractivity contribution >= 4 is 11.6 Å². The number of carbonyl (C=O) groups excluding carboxylic acids is 1. The molecule has 1 heterocycles. The number of aliphatic hydroxyl groups excluding tert-OH is 4. The van der Waals surface area contributed by atoms with Gasteiger partial charge in [-0.3, -0.25) is 4.79 Å². The van der Waals surface area contributed by atoms with Gasteiger partial charge in [0.25, 0.3) is 5.91 Å². The number of benzene rings is 1. The van der Waals surface area contributed by atoms with Gasteiger partial charge in [-0.05, 0) is 37.4 Å². The van der Waals surface area contributed by atoms with E-state index in [1.54, 1.807) is 24.3 Å². The Balaban J connectivity index is 1.90. The molecule has 0 aliphatic carbocycles. The number of nitrogens with zero attached hydrogens (tertiary/aromatic N) is 1. The van der Waals surface area contributed by atoms with Gasteiger partial charge in [-0.25, -0.2) is 0 Å². The summed E-state index contributed by atoms with van der Waals surface area (Å²) in [6.45, 7) is 6.88. The van der Waals surface area contributed by atoms with E-state index in [1.807, 2.05) is 0 Å². The molecular weight excluding hydrogens is 366 g/mol. The summed E-state index contributed by atoms with van der Waals surface area (Å²) in [6, 6.07) is 6.58. The third kappa shape index (κ3) is 5.63. The van der Waals surface area contributed by atoms with Gasteiger partial charge >= 0.3 is 0 Å². The van der Waals surface area contributed by atoms with E-state index in [4.69, 9.17) is 4.74 Å². The Hall–Kier alpha value is -1.75. The van der Waals surface area contributed by atoms with Crippen LogP contribution in [0.5, 0.6) is 0 Å². The molecule has 0 bridgehead atoms. The second kappa shape index (κ2) is 10.7. The van der Waals surface area contributed by atoms with Crippen LogP contribution in [-0.2, 0) is 4.74 Å². The highest BCUT2D eigenvalue weighted by Crippen LogP contribution is 2.23. The number of hydrogen-bond acceptors (Lipinski definition) is 8. The van der Waals surface area contributed by atoms with Crippen molar-refractivity contribution in [1.82, 2.24) is 10.2 Å².